The highest BCUT2D eigenvalue weighted by atomic mass is 16.5. The first-order chi connectivity index (χ1) is 10.8. The van der Waals surface area contributed by atoms with Crippen molar-refractivity contribution in [3.05, 3.63) is 48.7 Å². The lowest BCUT2D eigenvalue weighted by Crippen LogP contribution is -2.40. The van der Waals surface area contributed by atoms with Crippen LogP contribution in [0.1, 0.15) is 36.2 Å². The molecule has 2 aromatic rings. The van der Waals surface area contributed by atoms with E-state index >= 15 is 0 Å². The van der Waals surface area contributed by atoms with Crippen LogP contribution in [-0.2, 0) is 0 Å². The van der Waals surface area contributed by atoms with Gasteiger partial charge in [-0.15, -0.1) is 0 Å². The minimum atomic E-state index is -0.112. The van der Waals surface area contributed by atoms with Gasteiger partial charge in [0.05, 0.1) is 6.20 Å². The molecule has 2 heterocycles. The molecule has 1 saturated carbocycles. The fourth-order valence-corrected chi connectivity index (χ4v) is 2.60. The second-order valence-corrected chi connectivity index (χ2v) is 5.32. The Balaban J connectivity index is 1.47. The number of aromatic nitrogens is 3. The van der Waals surface area contributed by atoms with Crippen LogP contribution in [0, 0.1) is 0 Å². The van der Waals surface area contributed by atoms with E-state index in [2.05, 4.69) is 20.3 Å². The third kappa shape index (κ3) is 3.78. The van der Waals surface area contributed by atoms with E-state index in [1.165, 1.54) is 0 Å². The van der Waals surface area contributed by atoms with Gasteiger partial charge in [-0.3, -0.25) is 14.8 Å². The molecular weight excluding hydrogens is 280 g/mol. The summed E-state index contributed by atoms with van der Waals surface area (Å²) in [5.74, 6) is 0.447. The van der Waals surface area contributed by atoms with Crippen molar-refractivity contribution in [2.45, 2.75) is 37.8 Å². The van der Waals surface area contributed by atoms with Crippen molar-refractivity contribution in [2.75, 3.05) is 0 Å². The molecule has 3 rings (SSSR count). The van der Waals surface area contributed by atoms with E-state index in [9.17, 15) is 4.79 Å². The second kappa shape index (κ2) is 6.98. The summed E-state index contributed by atoms with van der Waals surface area (Å²) in [5, 5.41) is 3.03. The average Bonchev–Trinajstić information content (AvgIpc) is 2.58. The van der Waals surface area contributed by atoms with Crippen LogP contribution >= 0.6 is 0 Å². The molecule has 114 valence electrons. The van der Waals surface area contributed by atoms with Gasteiger partial charge in [-0.1, -0.05) is 6.07 Å². The first kappa shape index (κ1) is 14.4. The predicted octanol–water partition coefficient (Wildman–Crippen LogP) is 1.99. The number of amides is 1. The Hall–Kier alpha value is -2.50. The van der Waals surface area contributed by atoms with Crippen LogP contribution in [0.25, 0.3) is 0 Å². The van der Waals surface area contributed by atoms with Gasteiger partial charge < -0.3 is 10.1 Å². The van der Waals surface area contributed by atoms with Gasteiger partial charge in [0.15, 0.2) is 0 Å². The smallest absolute Gasteiger partial charge is 0.270 e. The number of rotatable bonds is 4. The molecule has 0 bridgehead atoms. The molecule has 0 aliphatic heterocycles. The fraction of sp³-hybridized carbons (Fsp3) is 0.375. The summed E-state index contributed by atoms with van der Waals surface area (Å²) in [6.07, 6.45) is 10.2. The third-order valence-corrected chi connectivity index (χ3v) is 3.73. The summed E-state index contributed by atoms with van der Waals surface area (Å²) in [4.78, 5) is 24.2. The van der Waals surface area contributed by atoms with E-state index in [1.54, 1.807) is 36.9 Å². The van der Waals surface area contributed by atoms with Gasteiger partial charge in [-0.2, -0.15) is 0 Å². The molecule has 0 aromatic carbocycles. The minimum absolute atomic E-state index is 0.112. The molecule has 1 aliphatic rings. The van der Waals surface area contributed by atoms with Crippen molar-refractivity contribution in [3.63, 3.8) is 0 Å². The van der Waals surface area contributed by atoms with Crippen LogP contribution in [0.5, 0.6) is 5.88 Å². The zero-order valence-corrected chi connectivity index (χ0v) is 12.2. The Morgan fingerprint density at radius 2 is 1.95 bits per heavy atom. The van der Waals surface area contributed by atoms with Crippen molar-refractivity contribution in [1.82, 2.24) is 20.3 Å². The number of nitrogens with one attached hydrogen (secondary N) is 1. The quantitative estimate of drug-likeness (QED) is 0.934. The molecule has 0 atom stereocenters. The Morgan fingerprint density at radius 1 is 1.09 bits per heavy atom. The Morgan fingerprint density at radius 3 is 2.64 bits per heavy atom. The van der Waals surface area contributed by atoms with Crippen molar-refractivity contribution in [2.24, 2.45) is 0 Å². The molecule has 0 unspecified atom stereocenters. The lowest BCUT2D eigenvalue weighted by atomic mass is 9.93. The topological polar surface area (TPSA) is 77.0 Å². The summed E-state index contributed by atoms with van der Waals surface area (Å²) in [5.41, 5.74) is 0.459. The molecule has 6 heteroatoms. The molecular formula is C16H18N4O2. The van der Waals surface area contributed by atoms with E-state index in [0.29, 0.717) is 11.6 Å². The van der Waals surface area contributed by atoms with Gasteiger partial charge in [0.25, 0.3) is 5.91 Å². The average molecular weight is 298 g/mol. The summed E-state index contributed by atoms with van der Waals surface area (Å²) in [6, 6.07) is 5.51. The Bertz CT molecular complexity index is 598. The standard InChI is InChI=1S/C16H18N4O2/c21-16(14-3-1-2-8-18-14)20-12-4-6-13(7-5-12)22-15-11-17-9-10-19-15/h1-3,8-13H,4-7H2,(H,20,21). The maximum absolute atomic E-state index is 12.1. The van der Waals surface area contributed by atoms with Gasteiger partial charge in [-0.05, 0) is 37.8 Å². The van der Waals surface area contributed by atoms with Gasteiger partial charge in [-0.25, -0.2) is 4.98 Å². The van der Waals surface area contributed by atoms with E-state index in [1.807, 2.05) is 6.07 Å². The number of ether oxygens (including phenoxy) is 1. The summed E-state index contributed by atoms with van der Waals surface area (Å²) in [6.45, 7) is 0. The van der Waals surface area contributed by atoms with E-state index in [0.717, 1.165) is 25.7 Å². The van der Waals surface area contributed by atoms with Crippen LogP contribution in [0.2, 0.25) is 0 Å². The monoisotopic (exact) mass is 298 g/mol. The van der Waals surface area contributed by atoms with Crippen molar-refractivity contribution in [1.29, 1.82) is 0 Å². The summed E-state index contributed by atoms with van der Waals surface area (Å²) >= 11 is 0. The molecule has 0 saturated heterocycles. The van der Waals surface area contributed by atoms with E-state index in [-0.39, 0.29) is 18.1 Å². The fourth-order valence-electron chi connectivity index (χ4n) is 2.60. The molecule has 1 aliphatic carbocycles. The molecule has 1 N–H and O–H groups in total. The van der Waals surface area contributed by atoms with Gasteiger partial charge in [0.2, 0.25) is 5.88 Å². The number of hydrogen-bond donors (Lipinski definition) is 1. The molecule has 1 amide bonds. The highest BCUT2D eigenvalue weighted by Gasteiger charge is 2.24. The lowest BCUT2D eigenvalue weighted by Gasteiger charge is -2.29. The summed E-state index contributed by atoms with van der Waals surface area (Å²) < 4.78 is 5.79. The van der Waals surface area contributed by atoms with Crippen molar-refractivity contribution >= 4 is 5.91 Å². The molecule has 2 aromatic heterocycles. The van der Waals surface area contributed by atoms with Crippen LogP contribution in [0.4, 0.5) is 0 Å². The molecule has 6 nitrogen and oxygen atoms in total. The third-order valence-electron chi connectivity index (χ3n) is 3.73. The number of nitrogens with zero attached hydrogens (tertiary/aromatic N) is 3. The maximum atomic E-state index is 12.1. The highest BCUT2D eigenvalue weighted by Crippen LogP contribution is 2.22. The first-order valence-corrected chi connectivity index (χ1v) is 7.46. The van der Waals surface area contributed by atoms with Crippen molar-refractivity contribution < 1.29 is 9.53 Å². The van der Waals surface area contributed by atoms with Crippen LogP contribution in [-0.4, -0.2) is 33.0 Å². The number of carbonyl (C=O) groups is 1. The maximum Gasteiger partial charge on any atom is 0.270 e. The Kier molecular flexibility index (Phi) is 4.58. The SMILES string of the molecule is O=C(NC1CCC(Oc2cnccn2)CC1)c1ccccn1. The second-order valence-electron chi connectivity index (χ2n) is 5.32. The summed E-state index contributed by atoms with van der Waals surface area (Å²) in [7, 11) is 0. The van der Waals surface area contributed by atoms with Crippen LogP contribution in [0.15, 0.2) is 43.0 Å². The number of hydrogen-bond acceptors (Lipinski definition) is 5. The lowest BCUT2D eigenvalue weighted by molar-refractivity contribution is 0.0885. The first-order valence-electron chi connectivity index (χ1n) is 7.46. The number of carbonyl (C=O) groups excluding carboxylic acids is 1. The molecule has 22 heavy (non-hydrogen) atoms. The Labute approximate surface area is 129 Å². The van der Waals surface area contributed by atoms with Crippen molar-refractivity contribution in [3.8, 4) is 5.88 Å². The molecule has 0 spiro atoms. The largest absolute Gasteiger partial charge is 0.473 e. The highest BCUT2D eigenvalue weighted by molar-refractivity contribution is 5.92. The molecule has 1 fully saturated rings. The predicted molar refractivity (Wildman–Crippen MR) is 80.4 cm³/mol. The van der Waals surface area contributed by atoms with Gasteiger partial charge >= 0.3 is 0 Å². The zero-order chi connectivity index (χ0) is 15.2. The minimum Gasteiger partial charge on any atom is -0.473 e. The van der Waals surface area contributed by atoms with E-state index < -0.39 is 0 Å². The van der Waals surface area contributed by atoms with Gasteiger partial charge in [0.1, 0.15) is 11.8 Å². The molecule has 0 radical (unpaired) electrons. The zero-order valence-electron chi connectivity index (χ0n) is 12.2. The normalized spacial score (nSPS) is 21.1. The van der Waals surface area contributed by atoms with Gasteiger partial charge in [0, 0.05) is 24.6 Å². The van der Waals surface area contributed by atoms with Crippen LogP contribution < -0.4 is 10.1 Å². The van der Waals surface area contributed by atoms with Crippen LogP contribution in [0.3, 0.4) is 0 Å². The number of pyridine rings is 1. The van der Waals surface area contributed by atoms with E-state index in [4.69, 9.17) is 4.74 Å².